The van der Waals surface area contributed by atoms with Crippen molar-refractivity contribution in [1.29, 1.82) is 0 Å². The number of carbonyl (C=O) groups excluding carboxylic acids is 1. The van der Waals surface area contributed by atoms with Gasteiger partial charge in [-0.2, -0.15) is 5.10 Å². The summed E-state index contributed by atoms with van der Waals surface area (Å²) in [5.41, 5.74) is 0. The van der Waals surface area contributed by atoms with Crippen molar-refractivity contribution in [1.82, 2.24) is 15.1 Å². The molecular weight excluding hydrogens is 314 g/mol. The molecule has 6 heteroatoms. The molecular formula is C16H17N3OS2. The lowest BCUT2D eigenvalue weighted by Crippen LogP contribution is -2.28. The normalized spacial score (nSPS) is 11.0. The van der Waals surface area contributed by atoms with Crippen molar-refractivity contribution in [3.8, 4) is 0 Å². The maximum absolute atomic E-state index is 12.2. The highest BCUT2D eigenvalue weighted by molar-refractivity contribution is 7.11. The van der Waals surface area contributed by atoms with Crippen molar-refractivity contribution in [2.24, 2.45) is 0 Å². The van der Waals surface area contributed by atoms with Crippen LogP contribution in [0.4, 0.5) is 0 Å². The maximum Gasteiger partial charge on any atom is 0.220 e. The molecule has 0 aliphatic carbocycles. The molecule has 4 nitrogen and oxygen atoms in total. The monoisotopic (exact) mass is 331 g/mol. The fraction of sp³-hybridized carbons (Fsp3) is 0.250. The van der Waals surface area contributed by atoms with Gasteiger partial charge in [-0.05, 0) is 35.4 Å². The average molecular weight is 331 g/mol. The van der Waals surface area contributed by atoms with Gasteiger partial charge in [-0.1, -0.05) is 12.1 Å². The number of hydrogen-bond acceptors (Lipinski definition) is 4. The Hall–Kier alpha value is -1.92. The Labute approximate surface area is 137 Å². The molecule has 0 atom stereocenters. The van der Waals surface area contributed by atoms with E-state index in [1.165, 1.54) is 9.75 Å². The van der Waals surface area contributed by atoms with E-state index in [1.807, 2.05) is 39.8 Å². The van der Waals surface area contributed by atoms with E-state index in [9.17, 15) is 4.79 Å². The fourth-order valence-corrected chi connectivity index (χ4v) is 3.92. The third-order valence-electron chi connectivity index (χ3n) is 3.31. The smallest absolute Gasteiger partial charge is 0.220 e. The number of hydrogen-bond donors (Lipinski definition) is 1. The quantitative estimate of drug-likeness (QED) is 0.718. The number of carbonyl (C=O) groups is 1. The van der Waals surface area contributed by atoms with E-state index < -0.39 is 0 Å². The minimum Gasteiger partial charge on any atom is -0.344 e. The Morgan fingerprint density at radius 2 is 1.91 bits per heavy atom. The zero-order chi connectivity index (χ0) is 15.2. The molecule has 0 bridgehead atoms. The summed E-state index contributed by atoms with van der Waals surface area (Å²) in [7, 11) is 0. The molecule has 0 saturated heterocycles. The van der Waals surface area contributed by atoms with Crippen LogP contribution in [-0.2, 0) is 11.3 Å². The van der Waals surface area contributed by atoms with Crippen molar-refractivity contribution in [3.05, 3.63) is 63.2 Å². The van der Waals surface area contributed by atoms with E-state index in [2.05, 4.69) is 22.5 Å². The second-order valence-electron chi connectivity index (χ2n) is 4.90. The standard InChI is InChI=1S/C16H17N3OS2/c20-15(7-1-9-19-10-4-8-17-19)18-16(13-5-2-11-21-13)14-6-3-12-22-14/h2-6,8,10-12,16H,1,7,9H2,(H,18,20). The molecule has 0 unspecified atom stereocenters. The van der Waals surface area contributed by atoms with Crippen molar-refractivity contribution < 1.29 is 4.79 Å². The minimum absolute atomic E-state index is 0.0304. The van der Waals surface area contributed by atoms with Gasteiger partial charge >= 0.3 is 0 Å². The molecule has 3 aromatic rings. The van der Waals surface area contributed by atoms with Gasteiger partial charge < -0.3 is 5.32 Å². The fourth-order valence-electron chi connectivity index (χ4n) is 2.26. The highest BCUT2D eigenvalue weighted by atomic mass is 32.1. The number of nitrogens with zero attached hydrogens (tertiary/aromatic N) is 2. The van der Waals surface area contributed by atoms with Crippen LogP contribution in [0.5, 0.6) is 0 Å². The van der Waals surface area contributed by atoms with Crippen molar-refractivity contribution >= 4 is 28.6 Å². The van der Waals surface area contributed by atoms with Crippen LogP contribution < -0.4 is 5.32 Å². The molecule has 1 N–H and O–H groups in total. The lowest BCUT2D eigenvalue weighted by Gasteiger charge is -2.16. The highest BCUT2D eigenvalue weighted by Gasteiger charge is 2.18. The van der Waals surface area contributed by atoms with E-state index in [4.69, 9.17) is 0 Å². The molecule has 0 fully saturated rings. The Bertz CT molecular complexity index is 641. The van der Waals surface area contributed by atoms with E-state index in [0.29, 0.717) is 6.42 Å². The Kier molecular flexibility index (Phi) is 5.03. The summed E-state index contributed by atoms with van der Waals surface area (Å²) >= 11 is 3.34. The Balaban J connectivity index is 1.57. The predicted molar refractivity (Wildman–Crippen MR) is 90.1 cm³/mol. The summed E-state index contributed by atoms with van der Waals surface area (Å²) in [6, 6.07) is 10.0. The van der Waals surface area contributed by atoms with Gasteiger partial charge in [0.1, 0.15) is 0 Å². The van der Waals surface area contributed by atoms with Crippen LogP contribution in [0.2, 0.25) is 0 Å². The van der Waals surface area contributed by atoms with Gasteiger partial charge in [0.05, 0.1) is 6.04 Å². The Morgan fingerprint density at radius 3 is 2.45 bits per heavy atom. The summed E-state index contributed by atoms with van der Waals surface area (Å²) in [5.74, 6) is 0.0824. The van der Waals surface area contributed by atoms with Gasteiger partial charge in [0.2, 0.25) is 5.91 Å². The van der Waals surface area contributed by atoms with E-state index in [-0.39, 0.29) is 11.9 Å². The first-order valence-electron chi connectivity index (χ1n) is 7.16. The van der Waals surface area contributed by atoms with Gasteiger partial charge in [-0.25, -0.2) is 0 Å². The SMILES string of the molecule is O=C(CCCn1cccn1)NC(c1cccs1)c1cccs1. The zero-order valence-corrected chi connectivity index (χ0v) is 13.6. The topological polar surface area (TPSA) is 46.9 Å². The summed E-state index contributed by atoms with van der Waals surface area (Å²) in [4.78, 5) is 14.6. The van der Waals surface area contributed by atoms with Crippen LogP contribution in [0.15, 0.2) is 53.5 Å². The predicted octanol–water partition coefficient (Wildman–Crippen LogP) is 3.69. The number of aromatic nitrogens is 2. The second-order valence-corrected chi connectivity index (χ2v) is 6.86. The average Bonchev–Trinajstić information content (AvgIpc) is 3.26. The minimum atomic E-state index is -0.0304. The first kappa shape index (κ1) is 15.0. The third kappa shape index (κ3) is 3.84. The Morgan fingerprint density at radius 1 is 1.18 bits per heavy atom. The van der Waals surface area contributed by atoms with Gasteiger partial charge in [-0.3, -0.25) is 9.48 Å². The number of nitrogens with one attached hydrogen (secondary N) is 1. The lowest BCUT2D eigenvalue weighted by atomic mass is 10.2. The van der Waals surface area contributed by atoms with Crippen LogP contribution in [0.25, 0.3) is 0 Å². The van der Waals surface area contributed by atoms with Gasteiger partial charge in [0.25, 0.3) is 0 Å². The van der Waals surface area contributed by atoms with E-state index in [0.717, 1.165) is 13.0 Å². The number of aryl methyl sites for hydroxylation is 1. The zero-order valence-electron chi connectivity index (χ0n) is 12.0. The summed E-state index contributed by atoms with van der Waals surface area (Å²) in [6.07, 6.45) is 4.96. The largest absolute Gasteiger partial charge is 0.344 e. The highest BCUT2D eigenvalue weighted by Crippen LogP contribution is 2.29. The molecule has 0 aliphatic rings. The molecule has 22 heavy (non-hydrogen) atoms. The molecule has 3 heterocycles. The van der Waals surface area contributed by atoms with Crippen LogP contribution in [0.1, 0.15) is 28.6 Å². The molecule has 0 radical (unpaired) electrons. The first-order chi connectivity index (χ1) is 10.8. The molecule has 0 saturated carbocycles. The molecule has 1 amide bonds. The third-order valence-corrected chi connectivity index (χ3v) is 5.19. The number of thiophene rings is 2. The molecule has 3 rings (SSSR count). The summed E-state index contributed by atoms with van der Waals surface area (Å²) < 4.78 is 1.85. The first-order valence-corrected chi connectivity index (χ1v) is 8.92. The molecule has 0 aromatic carbocycles. The van der Waals surface area contributed by atoms with Crippen molar-refractivity contribution in [2.75, 3.05) is 0 Å². The van der Waals surface area contributed by atoms with Crippen molar-refractivity contribution in [3.63, 3.8) is 0 Å². The van der Waals surface area contributed by atoms with Gasteiger partial charge in [0, 0.05) is 35.1 Å². The molecule has 3 aromatic heterocycles. The van der Waals surface area contributed by atoms with Gasteiger partial charge in [-0.15, -0.1) is 22.7 Å². The van der Waals surface area contributed by atoms with E-state index in [1.54, 1.807) is 28.9 Å². The molecule has 0 spiro atoms. The second kappa shape index (κ2) is 7.38. The summed E-state index contributed by atoms with van der Waals surface area (Å²) in [5, 5.41) is 11.4. The van der Waals surface area contributed by atoms with Crippen LogP contribution >= 0.6 is 22.7 Å². The summed E-state index contributed by atoms with van der Waals surface area (Å²) in [6.45, 7) is 0.767. The van der Waals surface area contributed by atoms with Crippen LogP contribution in [-0.4, -0.2) is 15.7 Å². The van der Waals surface area contributed by atoms with E-state index >= 15 is 0 Å². The van der Waals surface area contributed by atoms with Gasteiger partial charge in [0.15, 0.2) is 0 Å². The number of amides is 1. The van der Waals surface area contributed by atoms with Crippen LogP contribution in [0, 0.1) is 0 Å². The molecule has 114 valence electrons. The number of rotatable bonds is 7. The lowest BCUT2D eigenvalue weighted by molar-refractivity contribution is -0.121. The van der Waals surface area contributed by atoms with Crippen molar-refractivity contribution in [2.45, 2.75) is 25.4 Å². The molecule has 0 aliphatic heterocycles. The van der Waals surface area contributed by atoms with Crippen LogP contribution in [0.3, 0.4) is 0 Å². The maximum atomic E-state index is 12.2.